The van der Waals surface area contributed by atoms with E-state index < -0.39 is 0 Å². The number of carbonyl (C=O) groups is 1. The highest BCUT2D eigenvalue weighted by atomic mass is 16.2. The van der Waals surface area contributed by atoms with Crippen molar-refractivity contribution in [2.75, 3.05) is 13.1 Å². The number of aromatic nitrogens is 2. The molecule has 20 heavy (non-hydrogen) atoms. The number of urea groups is 1. The van der Waals surface area contributed by atoms with Gasteiger partial charge >= 0.3 is 6.03 Å². The molecule has 2 aliphatic rings. The van der Waals surface area contributed by atoms with Crippen LogP contribution in [0.5, 0.6) is 0 Å². The van der Waals surface area contributed by atoms with Gasteiger partial charge < -0.3 is 20.5 Å². The molecule has 110 valence electrons. The minimum Gasteiger partial charge on any atom is -0.351 e. The van der Waals surface area contributed by atoms with E-state index in [4.69, 9.17) is 5.73 Å². The van der Waals surface area contributed by atoms with E-state index in [0.717, 1.165) is 25.9 Å². The average Bonchev–Trinajstić information content (AvgIpc) is 3.09. The standard InChI is InChI=1S/C14H23N5O/c15-14(20)18-7-4-11(5-8-18)17-12-2-1-3-13(12)19-9-6-16-10-19/h6,9-13,17H,1-5,7-8H2,(H2,15,20)/t12-,13+/m1/s1. The van der Waals surface area contributed by atoms with E-state index in [-0.39, 0.29) is 6.03 Å². The topological polar surface area (TPSA) is 76.2 Å². The van der Waals surface area contributed by atoms with Crippen molar-refractivity contribution in [3.05, 3.63) is 18.7 Å². The molecular formula is C14H23N5O. The van der Waals surface area contributed by atoms with Crippen LogP contribution in [0, 0.1) is 0 Å². The molecule has 1 aromatic heterocycles. The van der Waals surface area contributed by atoms with Gasteiger partial charge in [0, 0.05) is 43.6 Å². The monoisotopic (exact) mass is 277 g/mol. The number of rotatable bonds is 3. The molecule has 1 saturated carbocycles. The number of nitrogens with zero attached hydrogens (tertiary/aromatic N) is 3. The number of likely N-dealkylation sites (tertiary alicyclic amines) is 1. The number of hydrogen-bond acceptors (Lipinski definition) is 3. The Kier molecular flexibility index (Phi) is 3.91. The summed E-state index contributed by atoms with van der Waals surface area (Å²) in [6, 6.07) is 1.25. The molecule has 6 nitrogen and oxygen atoms in total. The van der Waals surface area contributed by atoms with Crippen LogP contribution >= 0.6 is 0 Å². The summed E-state index contributed by atoms with van der Waals surface area (Å²) in [6.45, 7) is 1.55. The molecule has 1 aliphatic carbocycles. The molecule has 0 unspecified atom stereocenters. The quantitative estimate of drug-likeness (QED) is 0.869. The van der Waals surface area contributed by atoms with Crippen molar-refractivity contribution in [1.82, 2.24) is 19.8 Å². The van der Waals surface area contributed by atoms with Crippen molar-refractivity contribution in [3.8, 4) is 0 Å². The maximum absolute atomic E-state index is 11.1. The number of primary amides is 1. The zero-order chi connectivity index (χ0) is 13.9. The number of carbonyl (C=O) groups excluding carboxylic acids is 1. The third kappa shape index (κ3) is 2.80. The Morgan fingerprint density at radius 3 is 2.70 bits per heavy atom. The number of piperidine rings is 1. The van der Waals surface area contributed by atoms with Gasteiger partial charge in [0.15, 0.2) is 0 Å². The Morgan fingerprint density at radius 2 is 2.05 bits per heavy atom. The van der Waals surface area contributed by atoms with Crippen molar-refractivity contribution >= 4 is 6.03 Å². The summed E-state index contributed by atoms with van der Waals surface area (Å²) in [6.07, 6.45) is 11.5. The van der Waals surface area contributed by atoms with Crippen molar-refractivity contribution in [3.63, 3.8) is 0 Å². The summed E-state index contributed by atoms with van der Waals surface area (Å²) >= 11 is 0. The molecule has 2 heterocycles. The van der Waals surface area contributed by atoms with Gasteiger partial charge in [-0.15, -0.1) is 0 Å². The number of amides is 2. The molecule has 3 rings (SSSR count). The second-order valence-electron chi connectivity index (χ2n) is 5.88. The van der Waals surface area contributed by atoms with E-state index >= 15 is 0 Å². The molecule has 0 spiro atoms. The van der Waals surface area contributed by atoms with E-state index in [0.29, 0.717) is 18.1 Å². The molecule has 0 bridgehead atoms. The van der Waals surface area contributed by atoms with Gasteiger partial charge in [-0.1, -0.05) is 0 Å². The Hall–Kier alpha value is -1.56. The zero-order valence-electron chi connectivity index (χ0n) is 11.7. The molecule has 3 N–H and O–H groups in total. The summed E-state index contributed by atoms with van der Waals surface area (Å²) in [5.41, 5.74) is 5.32. The lowest BCUT2D eigenvalue weighted by Crippen LogP contribution is -2.49. The fourth-order valence-electron chi connectivity index (χ4n) is 3.53. The lowest BCUT2D eigenvalue weighted by Gasteiger charge is -2.34. The maximum Gasteiger partial charge on any atom is 0.314 e. The Morgan fingerprint density at radius 1 is 1.25 bits per heavy atom. The first-order valence-electron chi connectivity index (χ1n) is 7.52. The van der Waals surface area contributed by atoms with E-state index in [9.17, 15) is 4.79 Å². The smallest absolute Gasteiger partial charge is 0.314 e. The molecular weight excluding hydrogens is 254 g/mol. The van der Waals surface area contributed by atoms with E-state index in [1.54, 1.807) is 4.90 Å². The van der Waals surface area contributed by atoms with Gasteiger partial charge in [-0.05, 0) is 32.1 Å². The minimum absolute atomic E-state index is 0.291. The van der Waals surface area contributed by atoms with Gasteiger partial charge in [0.05, 0.1) is 6.33 Å². The maximum atomic E-state index is 11.1. The highest BCUT2D eigenvalue weighted by Gasteiger charge is 2.31. The van der Waals surface area contributed by atoms with Crippen LogP contribution in [-0.4, -0.2) is 45.7 Å². The molecule has 1 aromatic rings. The molecule has 2 amide bonds. The second-order valence-corrected chi connectivity index (χ2v) is 5.88. The molecule has 1 saturated heterocycles. The van der Waals surface area contributed by atoms with E-state index in [2.05, 4.69) is 21.1 Å². The lowest BCUT2D eigenvalue weighted by molar-refractivity contribution is 0.180. The van der Waals surface area contributed by atoms with Crippen LogP contribution < -0.4 is 11.1 Å². The SMILES string of the molecule is NC(=O)N1CCC(N[C@@H]2CCC[C@@H]2n2ccnc2)CC1. The summed E-state index contributed by atoms with van der Waals surface area (Å²) in [7, 11) is 0. The molecule has 6 heteroatoms. The Bertz CT molecular complexity index is 438. The molecule has 2 atom stereocenters. The zero-order valence-corrected chi connectivity index (χ0v) is 11.7. The number of hydrogen-bond donors (Lipinski definition) is 2. The van der Waals surface area contributed by atoms with E-state index in [1.807, 2.05) is 12.5 Å². The summed E-state index contributed by atoms with van der Waals surface area (Å²) in [5.74, 6) is 0. The Balaban J connectivity index is 1.54. The highest BCUT2D eigenvalue weighted by Crippen LogP contribution is 2.30. The van der Waals surface area contributed by atoms with Crippen LogP contribution in [0.2, 0.25) is 0 Å². The number of imidazole rings is 1. The van der Waals surface area contributed by atoms with Crippen LogP contribution in [-0.2, 0) is 0 Å². The van der Waals surface area contributed by atoms with Crippen LogP contribution in [0.3, 0.4) is 0 Å². The molecule has 2 fully saturated rings. The number of nitrogens with one attached hydrogen (secondary N) is 1. The van der Waals surface area contributed by atoms with Crippen molar-refractivity contribution < 1.29 is 4.79 Å². The molecule has 1 aliphatic heterocycles. The fourth-order valence-corrected chi connectivity index (χ4v) is 3.53. The van der Waals surface area contributed by atoms with Gasteiger partial charge in [-0.3, -0.25) is 0 Å². The van der Waals surface area contributed by atoms with Crippen molar-refractivity contribution in [1.29, 1.82) is 0 Å². The second kappa shape index (κ2) is 5.83. The first kappa shape index (κ1) is 13.4. The predicted molar refractivity (Wildman–Crippen MR) is 76.2 cm³/mol. The van der Waals surface area contributed by atoms with Crippen LogP contribution in [0.15, 0.2) is 18.7 Å². The average molecular weight is 277 g/mol. The van der Waals surface area contributed by atoms with Crippen LogP contribution in [0.4, 0.5) is 4.79 Å². The largest absolute Gasteiger partial charge is 0.351 e. The van der Waals surface area contributed by atoms with E-state index in [1.165, 1.54) is 19.3 Å². The number of nitrogens with two attached hydrogens (primary N) is 1. The molecule has 0 radical (unpaired) electrons. The lowest BCUT2D eigenvalue weighted by atomic mass is 10.0. The summed E-state index contributed by atoms with van der Waals surface area (Å²) in [5, 5.41) is 3.79. The van der Waals surface area contributed by atoms with Gasteiger partial charge in [-0.2, -0.15) is 0 Å². The molecule has 0 aromatic carbocycles. The first-order chi connectivity index (χ1) is 9.74. The van der Waals surface area contributed by atoms with Gasteiger partial charge in [0.25, 0.3) is 0 Å². The third-order valence-electron chi connectivity index (χ3n) is 4.64. The predicted octanol–water partition coefficient (Wildman–Crippen LogP) is 1.11. The Labute approximate surface area is 119 Å². The van der Waals surface area contributed by atoms with Gasteiger partial charge in [0.2, 0.25) is 0 Å². The van der Waals surface area contributed by atoms with Crippen molar-refractivity contribution in [2.24, 2.45) is 5.73 Å². The minimum atomic E-state index is -0.291. The fraction of sp³-hybridized carbons (Fsp3) is 0.714. The van der Waals surface area contributed by atoms with Crippen LogP contribution in [0.25, 0.3) is 0 Å². The third-order valence-corrected chi connectivity index (χ3v) is 4.64. The van der Waals surface area contributed by atoms with Gasteiger partial charge in [-0.25, -0.2) is 9.78 Å². The first-order valence-corrected chi connectivity index (χ1v) is 7.52. The normalized spacial score (nSPS) is 27.9. The summed E-state index contributed by atoms with van der Waals surface area (Å²) < 4.78 is 2.23. The summed E-state index contributed by atoms with van der Waals surface area (Å²) in [4.78, 5) is 17.0. The van der Waals surface area contributed by atoms with Crippen LogP contribution in [0.1, 0.15) is 38.1 Å². The van der Waals surface area contributed by atoms with Gasteiger partial charge in [0.1, 0.15) is 0 Å². The van der Waals surface area contributed by atoms with Crippen molar-refractivity contribution in [2.45, 2.75) is 50.2 Å². The highest BCUT2D eigenvalue weighted by molar-refractivity contribution is 5.72.